The molecular weight excluding hydrogens is 234 g/mol. The predicted octanol–water partition coefficient (Wildman–Crippen LogP) is 3.05. The zero-order chi connectivity index (χ0) is 12.4. The highest BCUT2D eigenvalue weighted by Gasteiger charge is 2.19. The third kappa shape index (κ3) is 2.26. The van der Waals surface area contributed by atoms with Gasteiger partial charge in [-0.05, 0) is 26.0 Å². The van der Waals surface area contributed by atoms with Crippen molar-refractivity contribution in [3.8, 4) is 5.75 Å². The van der Waals surface area contributed by atoms with Gasteiger partial charge < -0.3 is 10.1 Å². The molecule has 2 aromatic rings. The van der Waals surface area contributed by atoms with Crippen LogP contribution in [0.1, 0.15) is 23.5 Å². The van der Waals surface area contributed by atoms with Gasteiger partial charge in [0.1, 0.15) is 10.6 Å². The summed E-state index contributed by atoms with van der Waals surface area (Å²) in [5.41, 5.74) is 0. The summed E-state index contributed by atoms with van der Waals surface area (Å²) in [6.45, 7) is 3.88. The molecule has 0 aliphatic rings. The van der Waals surface area contributed by atoms with E-state index in [1.54, 1.807) is 7.11 Å². The van der Waals surface area contributed by atoms with Crippen molar-refractivity contribution < 1.29 is 9.53 Å². The van der Waals surface area contributed by atoms with Crippen LogP contribution in [0.5, 0.6) is 5.75 Å². The van der Waals surface area contributed by atoms with Crippen LogP contribution >= 0.6 is 11.3 Å². The largest absolute Gasteiger partial charge is 0.494 e. The van der Waals surface area contributed by atoms with Crippen LogP contribution in [0.3, 0.4) is 0 Å². The highest BCUT2D eigenvalue weighted by atomic mass is 32.1. The number of carbonyl (C=O) groups excluding carboxylic acids is 1. The summed E-state index contributed by atoms with van der Waals surface area (Å²) >= 11 is 1.46. The van der Waals surface area contributed by atoms with Gasteiger partial charge in [-0.3, -0.25) is 4.79 Å². The van der Waals surface area contributed by atoms with Crippen LogP contribution in [-0.2, 0) is 0 Å². The van der Waals surface area contributed by atoms with Gasteiger partial charge in [-0.2, -0.15) is 0 Å². The molecule has 1 aromatic carbocycles. The van der Waals surface area contributed by atoms with Gasteiger partial charge in [0.25, 0.3) is 5.91 Å². The van der Waals surface area contributed by atoms with Gasteiger partial charge in [0.05, 0.1) is 7.11 Å². The number of fused-ring (bicyclic) bond motifs is 1. The average molecular weight is 249 g/mol. The smallest absolute Gasteiger partial charge is 0.265 e. The average Bonchev–Trinajstić information content (AvgIpc) is 2.66. The molecule has 4 heteroatoms. The maximum absolute atomic E-state index is 12.0. The first kappa shape index (κ1) is 11.9. The van der Waals surface area contributed by atoms with E-state index < -0.39 is 0 Å². The van der Waals surface area contributed by atoms with Gasteiger partial charge in [0.15, 0.2) is 0 Å². The van der Waals surface area contributed by atoms with Crippen molar-refractivity contribution >= 4 is 27.3 Å². The highest BCUT2D eigenvalue weighted by Crippen LogP contribution is 2.37. The van der Waals surface area contributed by atoms with Gasteiger partial charge >= 0.3 is 0 Å². The van der Waals surface area contributed by atoms with Gasteiger partial charge in [0.2, 0.25) is 0 Å². The summed E-state index contributed by atoms with van der Waals surface area (Å²) in [6, 6.07) is 7.99. The van der Waals surface area contributed by atoms with Crippen LogP contribution in [-0.4, -0.2) is 19.1 Å². The Morgan fingerprint density at radius 2 is 2.06 bits per heavy atom. The molecule has 0 saturated heterocycles. The van der Waals surface area contributed by atoms with Crippen LogP contribution in [0.4, 0.5) is 0 Å². The van der Waals surface area contributed by atoms with E-state index in [2.05, 4.69) is 5.32 Å². The Morgan fingerprint density at radius 3 is 2.71 bits per heavy atom. The van der Waals surface area contributed by atoms with Gasteiger partial charge in [-0.1, -0.05) is 12.1 Å². The zero-order valence-corrected chi connectivity index (χ0v) is 10.9. The number of hydrogen-bond donors (Lipinski definition) is 1. The Morgan fingerprint density at radius 1 is 1.35 bits per heavy atom. The maximum atomic E-state index is 12.0. The van der Waals surface area contributed by atoms with Crippen molar-refractivity contribution in [2.45, 2.75) is 19.9 Å². The summed E-state index contributed by atoms with van der Waals surface area (Å²) in [4.78, 5) is 12.7. The Balaban J connectivity index is 2.49. The molecule has 1 amide bonds. The Hall–Kier alpha value is -1.55. The molecule has 1 aromatic heterocycles. The van der Waals surface area contributed by atoms with Crippen molar-refractivity contribution in [3.05, 3.63) is 29.1 Å². The predicted molar refractivity (Wildman–Crippen MR) is 71.0 cm³/mol. The second kappa shape index (κ2) is 4.75. The summed E-state index contributed by atoms with van der Waals surface area (Å²) < 4.78 is 6.42. The molecule has 0 spiro atoms. The fourth-order valence-electron chi connectivity index (χ4n) is 1.70. The fourth-order valence-corrected chi connectivity index (χ4v) is 2.78. The molecule has 1 N–H and O–H groups in total. The second-order valence-corrected chi connectivity index (χ2v) is 5.14. The lowest BCUT2D eigenvalue weighted by molar-refractivity contribution is 0.0944. The quantitative estimate of drug-likeness (QED) is 0.908. The molecule has 0 fully saturated rings. The third-order valence-corrected chi connectivity index (χ3v) is 3.53. The lowest BCUT2D eigenvalue weighted by atomic mass is 10.2. The molecule has 2 rings (SSSR count). The molecule has 0 unspecified atom stereocenters. The SMILES string of the molecule is COc1c(C(=O)NC(C)C)sc2ccccc12. The molecule has 90 valence electrons. The van der Waals surface area contributed by atoms with Crippen LogP contribution in [0.2, 0.25) is 0 Å². The number of rotatable bonds is 3. The topological polar surface area (TPSA) is 38.3 Å². The first-order valence-corrected chi connectivity index (χ1v) is 6.31. The fraction of sp³-hybridized carbons (Fsp3) is 0.308. The van der Waals surface area contributed by atoms with E-state index in [0.29, 0.717) is 10.6 Å². The minimum atomic E-state index is -0.0713. The number of hydrogen-bond acceptors (Lipinski definition) is 3. The molecule has 0 aliphatic heterocycles. The molecule has 0 saturated carbocycles. The Kier molecular flexibility index (Phi) is 3.33. The van der Waals surface area contributed by atoms with E-state index in [4.69, 9.17) is 4.74 Å². The number of methoxy groups -OCH3 is 1. The number of carbonyl (C=O) groups is 1. The minimum Gasteiger partial charge on any atom is -0.494 e. The van der Waals surface area contributed by atoms with Crippen LogP contribution in [0.15, 0.2) is 24.3 Å². The monoisotopic (exact) mass is 249 g/mol. The molecular formula is C13H15NO2S. The highest BCUT2D eigenvalue weighted by molar-refractivity contribution is 7.21. The molecule has 0 aliphatic carbocycles. The second-order valence-electron chi connectivity index (χ2n) is 4.09. The third-order valence-electron chi connectivity index (χ3n) is 2.38. The lowest BCUT2D eigenvalue weighted by Crippen LogP contribution is -2.29. The van der Waals surface area contributed by atoms with Crippen molar-refractivity contribution in [1.82, 2.24) is 5.32 Å². The number of amides is 1. The van der Waals surface area contributed by atoms with Crippen molar-refractivity contribution in [2.24, 2.45) is 0 Å². The van der Waals surface area contributed by atoms with Crippen molar-refractivity contribution in [1.29, 1.82) is 0 Å². The molecule has 0 radical (unpaired) electrons. The van der Waals surface area contributed by atoms with E-state index in [1.807, 2.05) is 38.1 Å². The first-order chi connectivity index (χ1) is 8.13. The molecule has 0 bridgehead atoms. The first-order valence-electron chi connectivity index (χ1n) is 5.50. The van der Waals surface area contributed by atoms with Gasteiger partial charge in [-0.15, -0.1) is 11.3 Å². The molecule has 0 atom stereocenters. The molecule has 17 heavy (non-hydrogen) atoms. The minimum absolute atomic E-state index is 0.0713. The van der Waals surface area contributed by atoms with Crippen LogP contribution in [0, 0.1) is 0 Å². The van der Waals surface area contributed by atoms with Crippen LogP contribution < -0.4 is 10.1 Å². The van der Waals surface area contributed by atoms with Crippen molar-refractivity contribution in [2.75, 3.05) is 7.11 Å². The summed E-state index contributed by atoms with van der Waals surface area (Å²) in [5.74, 6) is 0.599. The number of thiophene rings is 1. The van der Waals surface area contributed by atoms with E-state index in [0.717, 1.165) is 10.1 Å². The van der Waals surface area contributed by atoms with Gasteiger partial charge in [-0.25, -0.2) is 0 Å². The van der Waals surface area contributed by atoms with E-state index in [9.17, 15) is 4.79 Å². The lowest BCUT2D eigenvalue weighted by Gasteiger charge is -2.08. The molecule has 3 nitrogen and oxygen atoms in total. The van der Waals surface area contributed by atoms with E-state index in [-0.39, 0.29) is 11.9 Å². The number of benzene rings is 1. The normalized spacial score (nSPS) is 10.8. The zero-order valence-electron chi connectivity index (χ0n) is 10.1. The standard InChI is InChI=1S/C13H15NO2S/c1-8(2)14-13(15)12-11(16-3)9-6-4-5-7-10(9)17-12/h4-8H,1-3H3,(H,14,15). The van der Waals surface area contributed by atoms with E-state index in [1.165, 1.54) is 11.3 Å². The van der Waals surface area contributed by atoms with Gasteiger partial charge in [0, 0.05) is 16.1 Å². The van der Waals surface area contributed by atoms with Crippen LogP contribution in [0.25, 0.3) is 10.1 Å². The Bertz CT molecular complexity index is 545. The van der Waals surface area contributed by atoms with E-state index >= 15 is 0 Å². The summed E-state index contributed by atoms with van der Waals surface area (Å²) in [6.07, 6.45) is 0. The Labute approximate surface area is 104 Å². The number of nitrogens with one attached hydrogen (secondary N) is 1. The number of ether oxygens (including phenoxy) is 1. The maximum Gasteiger partial charge on any atom is 0.265 e. The summed E-state index contributed by atoms with van der Waals surface area (Å²) in [5, 5.41) is 3.88. The van der Waals surface area contributed by atoms with Crippen molar-refractivity contribution in [3.63, 3.8) is 0 Å². The molecule has 1 heterocycles. The summed E-state index contributed by atoms with van der Waals surface area (Å²) in [7, 11) is 1.60.